The lowest BCUT2D eigenvalue weighted by atomic mass is 10.1. The van der Waals surface area contributed by atoms with Gasteiger partial charge in [0.15, 0.2) is 0 Å². The molecule has 0 saturated carbocycles. The first-order valence-corrected chi connectivity index (χ1v) is 7.40. The Morgan fingerprint density at radius 1 is 1.33 bits per heavy atom. The number of nitrogens with one attached hydrogen (secondary N) is 2. The number of hydrogen-bond acceptors (Lipinski definition) is 5. The molecule has 2 aromatic heterocycles. The van der Waals surface area contributed by atoms with E-state index in [1.54, 1.807) is 19.3 Å². The van der Waals surface area contributed by atoms with Gasteiger partial charge in [-0.1, -0.05) is 24.3 Å². The van der Waals surface area contributed by atoms with E-state index in [9.17, 15) is 4.79 Å². The number of nitrogens with zero attached hydrogens (tertiary/aromatic N) is 2. The van der Waals surface area contributed by atoms with Gasteiger partial charge >= 0.3 is 0 Å². The summed E-state index contributed by atoms with van der Waals surface area (Å²) in [5.74, 6) is 0.500. The maximum absolute atomic E-state index is 12.2. The summed E-state index contributed by atoms with van der Waals surface area (Å²) in [6.07, 6.45) is 1.72. The van der Waals surface area contributed by atoms with Gasteiger partial charge in [0.2, 0.25) is 0 Å². The number of benzene rings is 1. The van der Waals surface area contributed by atoms with Crippen LogP contribution in [0, 0.1) is 0 Å². The fourth-order valence-corrected chi connectivity index (χ4v) is 2.65. The molecule has 1 amide bonds. The molecular formula is C15H14N4OS. The lowest BCUT2D eigenvalue weighted by Gasteiger charge is -2.09. The number of thiazole rings is 1. The van der Waals surface area contributed by atoms with Crippen LogP contribution in [0.25, 0.3) is 10.8 Å². The minimum Gasteiger partial charge on any atom is -0.373 e. The molecule has 0 aliphatic rings. The van der Waals surface area contributed by atoms with Crippen LogP contribution in [0.5, 0.6) is 0 Å². The van der Waals surface area contributed by atoms with Crippen molar-refractivity contribution in [2.75, 3.05) is 12.4 Å². The van der Waals surface area contributed by atoms with Crippen LogP contribution >= 0.6 is 11.3 Å². The lowest BCUT2D eigenvalue weighted by molar-refractivity contribution is 0.0946. The summed E-state index contributed by atoms with van der Waals surface area (Å²) in [5, 5.41) is 10.6. The highest BCUT2D eigenvalue weighted by Crippen LogP contribution is 2.22. The lowest BCUT2D eigenvalue weighted by Crippen LogP contribution is -2.24. The maximum Gasteiger partial charge on any atom is 0.270 e. The number of anilines is 1. The van der Waals surface area contributed by atoms with Crippen LogP contribution in [-0.2, 0) is 6.54 Å². The Morgan fingerprint density at radius 3 is 2.95 bits per heavy atom. The van der Waals surface area contributed by atoms with Gasteiger partial charge in [0.25, 0.3) is 5.91 Å². The van der Waals surface area contributed by atoms with Gasteiger partial charge in [0, 0.05) is 24.0 Å². The van der Waals surface area contributed by atoms with Crippen LogP contribution in [0.15, 0.2) is 41.9 Å². The Hall–Kier alpha value is -2.47. The highest BCUT2D eigenvalue weighted by atomic mass is 32.1. The fourth-order valence-electron chi connectivity index (χ4n) is 2.09. The van der Waals surface area contributed by atoms with Gasteiger partial charge in [-0.05, 0) is 11.5 Å². The van der Waals surface area contributed by atoms with Gasteiger partial charge in [-0.2, -0.15) is 0 Å². The summed E-state index contributed by atoms with van der Waals surface area (Å²) in [5.41, 5.74) is 0.398. The summed E-state index contributed by atoms with van der Waals surface area (Å²) in [4.78, 5) is 20.7. The SMILES string of the molecule is CNc1nc(C(=O)NCc2nccs2)cc2ccccc12. The number of fused-ring (bicyclic) bond motifs is 1. The Morgan fingerprint density at radius 2 is 2.19 bits per heavy atom. The second-order valence-corrected chi connectivity index (χ2v) is 5.41. The van der Waals surface area contributed by atoms with Gasteiger partial charge < -0.3 is 10.6 Å². The molecular weight excluding hydrogens is 284 g/mol. The van der Waals surface area contributed by atoms with Crippen molar-refractivity contribution in [3.05, 3.63) is 52.6 Å². The van der Waals surface area contributed by atoms with Crippen molar-refractivity contribution < 1.29 is 4.79 Å². The highest BCUT2D eigenvalue weighted by molar-refractivity contribution is 7.09. The van der Waals surface area contributed by atoms with Crippen LogP contribution < -0.4 is 10.6 Å². The molecule has 0 bridgehead atoms. The fraction of sp³-hybridized carbons (Fsp3) is 0.133. The monoisotopic (exact) mass is 298 g/mol. The van der Waals surface area contributed by atoms with Crippen molar-refractivity contribution in [1.82, 2.24) is 15.3 Å². The number of rotatable bonds is 4. The molecule has 0 saturated heterocycles. The highest BCUT2D eigenvalue weighted by Gasteiger charge is 2.11. The first kappa shape index (κ1) is 13.5. The zero-order valence-corrected chi connectivity index (χ0v) is 12.3. The molecule has 6 heteroatoms. The Bertz CT molecular complexity index is 770. The minimum atomic E-state index is -0.201. The molecule has 5 nitrogen and oxygen atoms in total. The van der Waals surface area contributed by atoms with E-state index in [1.165, 1.54) is 11.3 Å². The van der Waals surface area contributed by atoms with Gasteiger partial charge in [0.1, 0.15) is 16.5 Å². The van der Waals surface area contributed by atoms with Crippen molar-refractivity contribution >= 4 is 33.8 Å². The van der Waals surface area contributed by atoms with E-state index in [1.807, 2.05) is 29.6 Å². The topological polar surface area (TPSA) is 66.9 Å². The number of pyridine rings is 1. The number of carbonyl (C=O) groups excluding carboxylic acids is 1. The Balaban J connectivity index is 1.87. The summed E-state index contributed by atoms with van der Waals surface area (Å²) in [6, 6.07) is 9.64. The van der Waals surface area contributed by atoms with E-state index in [2.05, 4.69) is 20.6 Å². The predicted molar refractivity (Wildman–Crippen MR) is 84.6 cm³/mol. The van der Waals surface area contributed by atoms with Crippen molar-refractivity contribution in [1.29, 1.82) is 0 Å². The third-order valence-electron chi connectivity index (χ3n) is 3.09. The van der Waals surface area contributed by atoms with Crippen molar-refractivity contribution in [2.45, 2.75) is 6.54 Å². The summed E-state index contributed by atoms with van der Waals surface area (Å²) in [6.45, 7) is 0.417. The van der Waals surface area contributed by atoms with Crippen molar-refractivity contribution in [3.63, 3.8) is 0 Å². The third kappa shape index (κ3) is 2.85. The molecule has 3 rings (SSSR count). The first-order valence-electron chi connectivity index (χ1n) is 6.52. The number of carbonyl (C=O) groups is 1. The van der Waals surface area contributed by atoms with E-state index in [4.69, 9.17) is 0 Å². The molecule has 2 heterocycles. The van der Waals surface area contributed by atoms with Crippen LogP contribution in [-0.4, -0.2) is 22.9 Å². The average molecular weight is 298 g/mol. The smallest absolute Gasteiger partial charge is 0.270 e. The molecule has 3 aromatic rings. The first-order chi connectivity index (χ1) is 10.3. The van der Waals surface area contributed by atoms with Crippen molar-refractivity contribution in [2.24, 2.45) is 0 Å². The van der Waals surface area contributed by atoms with Crippen LogP contribution in [0.1, 0.15) is 15.5 Å². The summed E-state index contributed by atoms with van der Waals surface area (Å²) in [7, 11) is 1.80. The Kier molecular flexibility index (Phi) is 3.79. The molecule has 0 atom stereocenters. The molecule has 0 aliphatic heterocycles. The molecule has 21 heavy (non-hydrogen) atoms. The van der Waals surface area contributed by atoms with Gasteiger partial charge in [-0.25, -0.2) is 9.97 Å². The van der Waals surface area contributed by atoms with E-state index in [0.717, 1.165) is 15.8 Å². The van der Waals surface area contributed by atoms with Crippen LogP contribution in [0.4, 0.5) is 5.82 Å². The van der Waals surface area contributed by atoms with Gasteiger partial charge in [-0.3, -0.25) is 4.79 Å². The summed E-state index contributed by atoms with van der Waals surface area (Å²) < 4.78 is 0. The molecule has 0 unspecified atom stereocenters. The molecule has 2 N–H and O–H groups in total. The van der Waals surface area contributed by atoms with E-state index in [-0.39, 0.29) is 5.91 Å². The number of hydrogen-bond donors (Lipinski definition) is 2. The molecule has 106 valence electrons. The predicted octanol–water partition coefficient (Wildman–Crippen LogP) is 2.66. The number of aromatic nitrogens is 2. The summed E-state index contributed by atoms with van der Waals surface area (Å²) >= 11 is 1.51. The van der Waals surface area contributed by atoms with E-state index in [0.29, 0.717) is 18.1 Å². The second-order valence-electron chi connectivity index (χ2n) is 4.44. The zero-order valence-electron chi connectivity index (χ0n) is 11.5. The van der Waals surface area contributed by atoms with Crippen LogP contribution in [0.3, 0.4) is 0 Å². The standard InChI is InChI=1S/C15H14N4OS/c1-16-14-11-5-3-2-4-10(11)8-12(19-14)15(20)18-9-13-17-6-7-21-13/h2-8H,9H2,1H3,(H,16,19)(H,18,20). The Labute approximate surface area is 126 Å². The minimum absolute atomic E-state index is 0.201. The molecule has 1 aromatic carbocycles. The van der Waals surface area contributed by atoms with E-state index < -0.39 is 0 Å². The van der Waals surface area contributed by atoms with Gasteiger partial charge in [0.05, 0.1) is 6.54 Å². The second kappa shape index (κ2) is 5.88. The average Bonchev–Trinajstić information content (AvgIpc) is 3.04. The zero-order chi connectivity index (χ0) is 14.7. The van der Waals surface area contributed by atoms with E-state index >= 15 is 0 Å². The quantitative estimate of drug-likeness (QED) is 0.777. The molecule has 0 radical (unpaired) electrons. The van der Waals surface area contributed by atoms with Gasteiger partial charge in [-0.15, -0.1) is 11.3 Å². The molecule has 0 fully saturated rings. The number of amides is 1. The van der Waals surface area contributed by atoms with Crippen LogP contribution in [0.2, 0.25) is 0 Å². The largest absolute Gasteiger partial charge is 0.373 e. The molecule has 0 spiro atoms. The van der Waals surface area contributed by atoms with Crippen molar-refractivity contribution in [3.8, 4) is 0 Å². The molecule has 0 aliphatic carbocycles. The normalized spacial score (nSPS) is 10.5. The maximum atomic E-state index is 12.2. The third-order valence-corrected chi connectivity index (χ3v) is 3.87.